The Kier molecular flexibility index (Phi) is 2.67. The molecule has 0 fully saturated rings. The van der Waals surface area contributed by atoms with E-state index >= 15 is 0 Å². The van der Waals surface area contributed by atoms with Gasteiger partial charge in [-0.3, -0.25) is 9.48 Å². The van der Waals surface area contributed by atoms with Crippen molar-refractivity contribution in [2.75, 3.05) is 17.7 Å². The monoisotopic (exact) mass is 272 g/mol. The molecule has 1 aromatic heterocycles. The Balaban J connectivity index is 2.10. The van der Waals surface area contributed by atoms with Crippen molar-refractivity contribution in [2.45, 2.75) is 13.0 Å². The van der Waals surface area contributed by atoms with Gasteiger partial charge in [0.05, 0.1) is 11.9 Å². The second-order valence-corrected chi connectivity index (χ2v) is 4.91. The van der Waals surface area contributed by atoms with E-state index in [0.717, 1.165) is 16.8 Å². The highest BCUT2D eigenvalue weighted by Gasteiger charge is 2.29. The standard InChI is InChI=1S/C14H16N4O2/c1-8-14(19)17(2)11-6-9(4-5-12(11)20-8)10-7-16-18(3)13(10)15/h4-8H,15H2,1-3H3. The molecule has 0 spiro atoms. The van der Waals surface area contributed by atoms with Crippen LogP contribution in [0.5, 0.6) is 5.75 Å². The summed E-state index contributed by atoms with van der Waals surface area (Å²) >= 11 is 0. The van der Waals surface area contributed by atoms with Gasteiger partial charge in [-0.25, -0.2) is 0 Å². The van der Waals surface area contributed by atoms with E-state index in [0.29, 0.717) is 11.6 Å². The SMILES string of the molecule is CC1Oc2ccc(-c3cnn(C)c3N)cc2N(C)C1=O. The first-order chi connectivity index (χ1) is 9.49. The van der Waals surface area contributed by atoms with Gasteiger partial charge in [0.15, 0.2) is 6.10 Å². The van der Waals surface area contributed by atoms with Crippen LogP contribution < -0.4 is 15.4 Å². The van der Waals surface area contributed by atoms with Crippen LogP contribution >= 0.6 is 0 Å². The fraction of sp³-hybridized carbons (Fsp3) is 0.286. The van der Waals surface area contributed by atoms with Crippen LogP contribution in [0.2, 0.25) is 0 Å². The van der Waals surface area contributed by atoms with Crippen LogP contribution in [0.15, 0.2) is 24.4 Å². The van der Waals surface area contributed by atoms with Gasteiger partial charge in [0.2, 0.25) is 0 Å². The van der Waals surface area contributed by atoms with Crippen LogP contribution in [0.25, 0.3) is 11.1 Å². The minimum atomic E-state index is -0.457. The molecule has 1 amide bonds. The molecule has 6 heteroatoms. The zero-order valence-corrected chi connectivity index (χ0v) is 11.6. The number of aryl methyl sites for hydroxylation is 1. The summed E-state index contributed by atoms with van der Waals surface area (Å²) in [5.41, 5.74) is 8.48. The molecule has 104 valence electrons. The van der Waals surface area contributed by atoms with Crippen molar-refractivity contribution in [3.05, 3.63) is 24.4 Å². The molecule has 1 aliphatic heterocycles. The number of hydrogen-bond donors (Lipinski definition) is 1. The van der Waals surface area contributed by atoms with E-state index in [9.17, 15) is 4.79 Å². The van der Waals surface area contributed by atoms with Gasteiger partial charge in [-0.05, 0) is 24.6 Å². The number of amides is 1. The topological polar surface area (TPSA) is 73.4 Å². The zero-order chi connectivity index (χ0) is 14.4. The third kappa shape index (κ3) is 1.72. The number of carbonyl (C=O) groups excluding carboxylic acids is 1. The van der Waals surface area contributed by atoms with Crippen LogP contribution in [0.3, 0.4) is 0 Å². The van der Waals surface area contributed by atoms with Crippen molar-refractivity contribution in [3.8, 4) is 16.9 Å². The average molecular weight is 272 g/mol. The summed E-state index contributed by atoms with van der Waals surface area (Å²) < 4.78 is 7.21. The van der Waals surface area contributed by atoms with Gasteiger partial charge in [-0.2, -0.15) is 5.10 Å². The van der Waals surface area contributed by atoms with Crippen molar-refractivity contribution in [1.82, 2.24) is 9.78 Å². The predicted molar refractivity (Wildman–Crippen MR) is 76.6 cm³/mol. The van der Waals surface area contributed by atoms with Crippen molar-refractivity contribution < 1.29 is 9.53 Å². The highest BCUT2D eigenvalue weighted by molar-refractivity contribution is 6.00. The molecule has 1 atom stereocenters. The van der Waals surface area contributed by atoms with E-state index in [4.69, 9.17) is 10.5 Å². The minimum Gasteiger partial charge on any atom is -0.479 e. The smallest absolute Gasteiger partial charge is 0.267 e. The van der Waals surface area contributed by atoms with Crippen molar-refractivity contribution in [1.29, 1.82) is 0 Å². The lowest BCUT2D eigenvalue weighted by molar-refractivity contribution is -0.125. The molecule has 0 saturated heterocycles. The molecule has 2 heterocycles. The largest absolute Gasteiger partial charge is 0.479 e. The number of hydrogen-bond acceptors (Lipinski definition) is 4. The Bertz CT molecular complexity index is 692. The molecule has 0 saturated carbocycles. The van der Waals surface area contributed by atoms with Crippen LogP contribution in [0.1, 0.15) is 6.92 Å². The fourth-order valence-electron chi connectivity index (χ4n) is 2.35. The summed E-state index contributed by atoms with van der Waals surface area (Å²) in [5, 5.41) is 4.13. The number of benzene rings is 1. The molecule has 0 radical (unpaired) electrons. The summed E-state index contributed by atoms with van der Waals surface area (Å²) in [7, 11) is 3.54. The predicted octanol–water partition coefficient (Wildman–Crippen LogP) is 1.41. The van der Waals surface area contributed by atoms with Gasteiger partial charge in [0.1, 0.15) is 11.6 Å². The first-order valence-electron chi connectivity index (χ1n) is 6.35. The Hall–Kier alpha value is -2.50. The summed E-state index contributed by atoms with van der Waals surface area (Å²) in [6.07, 6.45) is 1.26. The van der Waals surface area contributed by atoms with E-state index < -0.39 is 6.10 Å². The average Bonchev–Trinajstić information content (AvgIpc) is 2.77. The number of aromatic nitrogens is 2. The van der Waals surface area contributed by atoms with Gasteiger partial charge < -0.3 is 15.4 Å². The lowest BCUT2D eigenvalue weighted by atomic mass is 10.1. The Labute approximate surface area is 116 Å². The number of nitrogen functional groups attached to an aromatic ring is 1. The lowest BCUT2D eigenvalue weighted by Gasteiger charge is -2.30. The fourth-order valence-corrected chi connectivity index (χ4v) is 2.35. The molecule has 2 N–H and O–H groups in total. The first kappa shape index (κ1) is 12.5. The third-order valence-electron chi connectivity index (χ3n) is 3.60. The number of carbonyl (C=O) groups is 1. The quantitative estimate of drug-likeness (QED) is 0.852. The summed E-state index contributed by atoms with van der Waals surface area (Å²) in [5.74, 6) is 1.23. The number of anilines is 2. The van der Waals surface area contributed by atoms with E-state index in [-0.39, 0.29) is 5.91 Å². The number of rotatable bonds is 1. The molecule has 3 rings (SSSR count). The van der Waals surface area contributed by atoms with Crippen LogP contribution in [0.4, 0.5) is 11.5 Å². The minimum absolute atomic E-state index is 0.0613. The normalized spacial score (nSPS) is 17.9. The molecule has 0 bridgehead atoms. The molecular formula is C14H16N4O2. The Morgan fingerprint density at radius 1 is 1.35 bits per heavy atom. The summed E-state index contributed by atoms with van der Waals surface area (Å²) in [4.78, 5) is 13.6. The number of fused-ring (bicyclic) bond motifs is 1. The number of likely N-dealkylation sites (N-methyl/N-ethyl adjacent to an activating group) is 1. The lowest BCUT2D eigenvalue weighted by Crippen LogP contribution is -2.41. The number of nitrogens with zero attached hydrogens (tertiary/aromatic N) is 3. The van der Waals surface area contributed by atoms with Crippen LogP contribution in [-0.4, -0.2) is 28.8 Å². The molecule has 0 aliphatic carbocycles. The molecule has 1 aliphatic rings. The van der Waals surface area contributed by atoms with Gasteiger partial charge in [0.25, 0.3) is 5.91 Å². The van der Waals surface area contributed by atoms with Gasteiger partial charge in [-0.15, -0.1) is 0 Å². The molecule has 1 aromatic carbocycles. The summed E-state index contributed by atoms with van der Waals surface area (Å²) in [6, 6.07) is 5.67. The van der Waals surface area contributed by atoms with Gasteiger partial charge in [-0.1, -0.05) is 6.07 Å². The maximum Gasteiger partial charge on any atom is 0.267 e. The zero-order valence-electron chi connectivity index (χ0n) is 11.6. The molecule has 20 heavy (non-hydrogen) atoms. The van der Waals surface area contributed by atoms with Gasteiger partial charge in [0, 0.05) is 19.7 Å². The van der Waals surface area contributed by atoms with Gasteiger partial charge >= 0.3 is 0 Å². The van der Waals surface area contributed by atoms with E-state index in [1.54, 1.807) is 36.8 Å². The van der Waals surface area contributed by atoms with E-state index in [1.807, 2.05) is 18.2 Å². The van der Waals surface area contributed by atoms with Crippen LogP contribution in [0, 0.1) is 0 Å². The third-order valence-corrected chi connectivity index (χ3v) is 3.60. The van der Waals surface area contributed by atoms with Crippen molar-refractivity contribution >= 4 is 17.4 Å². The number of nitrogens with two attached hydrogens (primary N) is 1. The highest BCUT2D eigenvalue weighted by Crippen LogP contribution is 2.37. The maximum absolute atomic E-state index is 12.0. The van der Waals surface area contributed by atoms with E-state index in [2.05, 4.69) is 5.10 Å². The summed E-state index contributed by atoms with van der Waals surface area (Å²) in [6.45, 7) is 1.74. The first-order valence-corrected chi connectivity index (χ1v) is 6.35. The van der Waals surface area contributed by atoms with E-state index in [1.165, 1.54) is 0 Å². The second-order valence-electron chi connectivity index (χ2n) is 4.91. The molecule has 6 nitrogen and oxygen atoms in total. The molecule has 2 aromatic rings. The Morgan fingerprint density at radius 3 is 2.75 bits per heavy atom. The number of ether oxygens (including phenoxy) is 1. The Morgan fingerprint density at radius 2 is 2.10 bits per heavy atom. The highest BCUT2D eigenvalue weighted by atomic mass is 16.5. The molecule has 1 unspecified atom stereocenters. The van der Waals surface area contributed by atoms with Crippen LogP contribution in [-0.2, 0) is 11.8 Å². The van der Waals surface area contributed by atoms with Crippen molar-refractivity contribution in [2.24, 2.45) is 7.05 Å². The second kappa shape index (κ2) is 4.26. The maximum atomic E-state index is 12.0. The van der Waals surface area contributed by atoms with Crippen molar-refractivity contribution in [3.63, 3.8) is 0 Å². The molecular weight excluding hydrogens is 256 g/mol.